The first kappa shape index (κ1) is 10.2. The van der Waals surface area contributed by atoms with Gasteiger partial charge in [0, 0.05) is 0 Å². The highest BCUT2D eigenvalue weighted by atomic mass is 35.5. The third-order valence-corrected chi connectivity index (χ3v) is 3.27. The average molecular weight is 244 g/mol. The van der Waals surface area contributed by atoms with Gasteiger partial charge >= 0.3 is 10.8 Å². The van der Waals surface area contributed by atoms with E-state index in [1.165, 1.54) is 0 Å². The number of carboxylic acid groups (broad SMARTS) is 1. The first-order valence-corrected chi connectivity index (χ1v) is 5.33. The van der Waals surface area contributed by atoms with Crippen LogP contribution in [0.3, 0.4) is 0 Å². The molecule has 0 fully saturated rings. The smallest absolute Gasteiger partial charge is 0.342 e. The maximum atomic E-state index is 11.5. The Morgan fingerprint density at radius 3 is 2.80 bits per heavy atom. The quantitative estimate of drug-likeness (QED) is 0.820. The van der Waals surface area contributed by atoms with Crippen LogP contribution in [-0.2, 0) is 4.79 Å². The summed E-state index contributed by atoms with van der Waals surface area (Å²) in [5.41, 5.74) is -0.802. The van der Waals surface area contributed by atoms with Crippen LogP contribution in [0.5, 0.6) is 0 Å². The van der Waals surface area contributed by atoms with Crippen molar-refractivity contribution in [2.45, 2.75) is 5.50 Å². The molecule has 0 radical (unpaired) electrons. The van der Waals surface area contributed by atoms with Crippen LogP contribution in [-0.4, -0.2) is 15.6 Å². The molecule has 4 nitrogen and oxygen atoms in total. The summed E-state index contributed by atoms with van der Waals surface area (Å²) in [4.78, 5) is 21.9. The van der Waals surface area contributed by atoms with E-state index in [9.17, 15) is 9.59 Å². The number of para-hydroxylation sites is 1. The summed E-state index contributed by atoms with van der Waals surface area (Å²) in [5.74, 6) is -1.23. The van der Waals surface area contributed by atoms with Crippen molar-refractivity contribution in [3.05, 3.63) is 33.9 Å². The van der Waals surface area contributed by atoms with Crippen LogP contribution in [0.15, 0.2) is 29.1 Å². The molecule has 0 aliphatic carbocycles. The summed E-state index contributed by atoms with van der Waals surface area (Å²) in [6, 6.07) is 6.94. The maximum absolute atomic E-state index is 11.5. The molecule has 2 rings (SSSR count). The van der Waals surface area contributed by atoms with Crippen molar-refractivity contribution in [3.8, 4) is 0 Å². The van der Waals surface area contributed by atoms with Crippen LogP contribution in [0.25, 0.3) is 10.2 Å². The molecule has 1 aromatic heterocycles. The second kappa shape index (κ2) is 3.67. The number of carbonyl (C=O) groups is 1. The summed E-state index contributed by atoms with van der Waals surface area (Å²) >= 11 is 6.62. The molecular weight excluding hydrogens is 238 g/mol. The minimum atomic E-state index is -1.35. The Bertz CT molecular complexity index is 574. The molecule has 1 unspecified atom stereocenters. The van der Waals surface area contributed by atoms with Crippen LogP contribution < -0.4 is 4.87 Å². The van der Waals surface area contributed by atoms with Gasteiger partial charge in [-0.1, -0.05) is 35.1 Å². The fourth-order valence-electron chi connectivity index (χ4n) is 1.31. The van der Waals surface area contributed by atoms with Crippen LogP contribution in [0.4, 0.5) is 0 Å². The number of halogens is 1. The molecule has 2 aromatic rings. The minimum absolute atomic E-state index is 0.362. The fourth-order valence-corrected chi connectivity index (χ4v) is 2.47. The summed E-state index contributed by atoms with van der Waals surface area (Å²) in [7, 11) is 0. The molecule has 15 heavy (non-hydrogen) atoms. The van der Waals surface area contributed by atoms with E-state index in [-0.39, 0.29) is 4.87 Å². The molecule has 0 bridgehead atoms. The monoisotopic (exact) mass is 243 g/mol. The van der Waals surface area contributed by atoms with E-state index < -0.39 is 11.5 Å². The SMILES string of the molecule is O=C(O)C(Cl)n1c(=O)sc2ccccc21. The number of benzene rings is 1. The zero-order valence-corrected chi connectivity index (χ0v) is 8.96. The predicted molar refractivity (Wildman–Crippen MR) is 58.6 cm³/mol. The van der Waals surface area contributed by atoms with Gasteiger partial charge in [0.2, 0.25) is 5.50 Å². The van der Waals surface area contributed by atoms with Gasteiger partial charge in [-0.25, -0.2) is 4.79 Å². The van der Waals surface area contributed by atoms with Gasteiger partial charge < -0.3 is 5.11 Å². The summed E-state index contributed by atoms with van der Waals surface area (Å²) in [5, 5.41) is 8.75. The van der Waals surface area contributed by atoms with E-state index in [4.69, 9.17) is 16.7 Å². The van der Waals surface area contributed by atoms with Crippen molar-refractivity contribution in [2.24, 2.45) is 0 Å². The lowest BCUT2D eigenvalue weighted by molar-refractivity contribution is -0.138. The normalized spacial score (nSPS) is 12.9. The molecule has 0 aliphatic rings. The molecule has 78 valence electrons. The van der Waals surface area contributed by atoms with Gasteiger partial charge in [0.05, 0.1) is 10.2 Å². The number of fused-ring (bicyclic) bond motifs is 1. The van der Waals surface area contributed by atoms with Gasteiger partial charge in [-0.3, -0.25) is 9.36 Å². The van der Waals surface area contributed by atoms with Gasteiger partial charge in [-0.05, 0) is 12.1 Å². The van der Waals surface area contributed by atoms with Crippen molar-refractivity contribution in [1.82, 2.24) is 4.57 Å². The fraction of sp³-hybridized carbons (Fsp3) is 0.111. The lowest BCUT2D eigenvalue weighted by Gasteiger charge is -2.05. The highest BCUT2D eigenvalue weighted by Crippen LogP contribution is 2.22. The Balaban J connectivity index is 2.74. The number of hydrogen-bond donors (Lipinski definition) is 1. The highest BCUT2D eigenvalue weighted by molar-refractivity contribution is 7.16. The third-order valence-electron chi connectivity index (χ3n) is 1.95. The van der Waals surface area contributed by atoms with E-state index in [2.05, 4.69) is 0 Å². The lowest BCUT2D eigenvalue weighted by Crippen LogP contribution is -2.21. The van der Waals surface area contributed by atoms with Crippen LogP contribution >= 0.6 is 22.9 Å². The van der Waals surface area contributed by atoms with Gasteiger partial charge in [0.15, 0.2) is 0 Å². The van der Waals surface area contributed by atoms with Crippen LogP contribution in [0, 0.1) is 0 Å². The molecule has 0 amide bonds. The van der Waals surface area contributed by atoms with Gasteiger partial charge in [0.1, 0.15) is 0 Å². The Hall–Kier alpha value is -1.33. The number of aromatic nitrogens is 1. The molecule has 6 heteroatoms. The Kier molecular flexibility index (Phi) is 2.50. The molecule has 0 saturated heterocycles. The van der Waals surface area contributed by atoms with E-state index in [0.717, 1.165) is 20.6 Å². The van der Waals surface area contributed by atoms with Crippen LogP contribution in [0.2, 0.25) is 0 Å². The molecule has 0 saturated carbocycles. The largest absolute Gasteiger partial charge is 0.479 e. The second-order valence-electron chi connectivity index (χ2n) is 2.88. The number of alkyl halides is 1. The number of thiazole rings is 1. The molecule has 1 N–H and O–H groups in total. The van der Waals surface area contributed by atoms with Crippen LogP contribution in [0.1, 0.15) is 5.50 Å². The molecular formula is C9H6ClNO3S. The Morgan fingerprint density at radius 1 is 1.47 bits per heavy atom. The van der Waals surface area contributed by atoms with E-state index in [0.29, 0.717) is 5.52 Å². The third kappa shape index (κ3) is 1.64. The summed E-state index contributed by atoms with van der Waals surface area (Å²) in [6.45, 7) is 0. The van der Waals surface area contributed by atoms with Crippen molar-refractivity contribution in [1.29, 1.82) is 0 Å². The number of aliphatic carboxylic acids is 1. The first-order valence-electron chi connectivity index (χ1n) is 4.08. The minimum Gasteiger partial charge on any atom is -0.479 e. The Morgan fingerprint density at radius 2 is 2.13 bits per heavy atom. The molecule has 1 heterocycles. The van der Waals surface area contributed by atoms with Crippen molar-refractivity contribution in [2.75, 3.05) is 0 Å². The summed E-state index contributed by atoms with van der Waals surface area (Å²) < 4.78 is 1.80. The van der Waals surface area contributed by atoms with Gasteiger partial charge in [-0.2, -0.15) is 0 Å². The Labute approximate surface area is 93.3 Å². The van der Waals surface area contributed by atoms with Crippen molar-refractivity contribution in [3.63, 3.8) is 0 Å². The summed E-state index contributed by atoms with van der Waals surface area (Å²) in [6.07, 6.45) is 0. The molecule has 0 aliphatic heterocycles. The standard InChI is InChI=1S/C9H6ClNO3S/c10-7(8(12)13)11-5-3-1-2-4-6(5)15-9(11)14/h1-4,7H,(H,12,13). The van der Waals surface area contributed by atoms with Crippen molar-refractivity contribution >= 4 is 39.1 Å². The van der Waals surface area contributed by atoms with E-state index in [1.54, 1.807) is 24.3 Å². The van der Waals surface area contributed by atoms with E-state index in [1.807, 2.05) is 0 Å². The number of nitrogens with zero attached hydrogens (tertiary/aromatic N) is 1. The number of rotatable bonds is 2. The zero-order valence-electron chi connectivity index (χ0n) is 7.38. The highest BCUT2D eigenvalue weighted by Gasteiger charge is 2.20. The predicted octanol–water partition coefficient (Wildman–Crippen LogP) is 1.88. The number of hydrogen-bond acceptors (Lipinski definition) is 3. The van der Waals surface area contributed by atoms with Gasteiger partial charge in [-0.15, -0.1) is 0 Å². The second-order valence-corrected chi connectivity index (χ2v) is 4.29. The topological polar surface area (TPSA) is 59.3 Å². The lowest BCUT2D eigenvalue weighted by atomic mass is 10.3. The molecule has 1 aromatic carbocycles. The van der Waals surface area contributed by atoms with E-state index >= 15 is 0 Å². The average Bonchev–Trinajstić information content (AvgIpc) is 2.52. The molecule has 1 atom stereocenters. The zero-order chi connectivity index (χ0) is 11.0. The molecule has 0 spiro atoms. The number of carboxylic acids is 1. The van der Waals surface area contributed by atoms with Crippen molar-refractivity contribution < 1.29 is 9.90 Å². The van der Waals surface area contributed by atoms with Gasteiger partial charge in [0.25, 0.3) is 0 Å². The maximum Gasteiger partial charge on any atom is 0.342 e. The first-order chi connectivity index (χ1) is 7.11.